The van der Waals surface area contributed by atoms with E-state index in [0.717, 1.165) is 63.8 Å². The number of aryl methyl sites for hydroxylation is 2. The summed E-state index contributed by atoms with van der Waals surface area (Å²) in [5, 5.41) is 4.34. The third-order valence-electron chi connectivity index (χ3n) is 5.45. The van der Waals surface area contributed by atoms with Crippen LogP contribution in [0.1, 0.15) is 58.7 Å². The van der Waals surface area contributed by atoms with E-state index in [1.807, 2.05) is 36.9 Å². The van der Waals surface area contributed by atoms with Crippen LogP contribution in [0.4, 0.5) is 5.82 Å². The summed E-state index contributed by atoms with van der Waals surface area (Å²) in [6.07, 6.45) is 7.44. The second-order valence-corrected chi connectivity index (χ2v) is 8.64. The highest BCUT2D eigenvalue weighted by molar-refractivity contribution is 7.20. The summed E-state index contributed by atoms with van der Waals surface area (Å²) in [5.74, 6) is 0.900. The summed E-state index contributed by atoms with van der Waals surface area (Å²) in [5.41, 5.74) is 2.92. The summed E-state index contributed by atoms with van der Waals surface area (Å²) >= 11 is 1.48. The molecule has 3 aromatic heterocycles. The lowest BCUT2D eigenvalue weighted by Crippen LogP contribution is -2.33. The van der Waals surface area contributed by atoms with Crippen LogP contribution in [0.2, 0.25) is 0 Å². The standard InChI is InChI=1S/C22H27N5OS/c1-15-9-8-10-17(26-15)13-23-20-18-16(2)19(29-21(18)25-14-24-20)22(28)27-11-6-4-3-5-7-12-27/h8-10,14H,3-7,11-13H2,1-2H3,(H,23,24,25). The van der Waals surface area contributed by atoms with Gasteiger partial charge in [-0.25, -0.2) is 9.97 Å². The Morgan fingerprint density at radius 2 is 1.86 bits per heavy atom. The van der Waals surface area contributed by atoms with Crippen molar-refractivity contribution in [2.24, 2.45) is 0 Å². The summed E-state index contributed by atoms with van der Waals surface area (Å²) in [7, 11) is 0. The Hall–Kier alpha value is -2.54. The van der Waals surface area contributed by atoms with Crippen molar-refractivity contribution in [2.75, 3.05) is 18.4 Å². The number of carbonyl (C=O) groups is 1. The van der Waals surface area contributed by atoms with E-state index in [1.165, 1.54) is 30.6 Å². The zero-order chi connectivity index (χ0) is 20.2. The van der Waals surface area contributed by atoms with Crippen LogP contribution in [0.15, 0.2) is 24.5 Å². The third kappa shape index (κ3) is 4.40. The predicted octanol–water partition coefficient (Wildman–Crippen LogP) is 4.72. The molecule has 29 heavy (non-hydrogen) atoms. The Labute approximate surface area is 175 Å². The third-order valence-corrected chi connectivity index (χ3v) is 6.64. The predicted molar refractivity (Wildman–Crippen MR) is 117 cm³/mol. The number of aromatic nitrogens is 3. The summed E-state index contributed by atoms with van der Waals surface area (Å²) in [6, 6.07) is 5.98. The molecule has 1 aliphatic heterocycles. The van der Waals surface area contributed by atoms with Gasteiger partial charge >= 0.3 is 0 Å². The first-order chi connectivity index (χ1) is 14.1. The van der Waals surface area contributed by atoms with Crippen LogP contribution in [-0.4, -0.2) is 38.8 Å². The smallest absolute Gasteiger partial charge is 0.264 e. The Morgan fingerprint density at radius 1 is 1.10 bits per heavy atom. The van der Waals surface area contributed by atoms with Crippen molar-refractivity contribution < 1.29 is 4.79 Å². The van der Waals surface area contributed by atoms with E-state index in [1.54, 1.807) is 6.33 Å². The molecule has 1 amide bonds. The molecule has 0 atom stereocenters. The molecule has 0 aliphatic carbocycles. The number of carbonyl (C=O) groups excluding carboxylic acids is 1. The van der Waals surface area contributed by atoms with Gasteiger partial charge in [-0.3, -0.25) is 9.78 Å². The molecule has 7 heteroatoms. The van der Waals surface area contributed by atoms with Crippen molar-refractivity contribution in [3.05, 3.63) is 46.4 Å². The SMILES string of the molecule is Cc1cccc(CNc2ncnc3sc(C(=O)N4CCCCCCC4)c(C)c23)n1. The number of anilines is 1. The molecule has 0 aromatic carbocycles. The molecule has 1 saturated heterocycles. The van der Waals surface area contributed by atoms with E-state index >= 15 is 0 Å². The molecular weight excluding hydrogens is 382 g/mol. The number of rotatable bonds is 4. The number of nitrogens with one attached hydrogen (secondary N) is 1. The second-order valence-electron chi connectivity index (χ2n) is 7.64. The van der Waals surface area contributed by atoms with Gasteiger partial charge in [0.15, 0.2) is 0 Å². The lowest BCUT2D eigenvalue weighted by Gasteiger charge is -2.24. The van der Waals surface area contributed by atoms with Gasteiger partial charge in [-0.05, 0) is 44.4 Å². The first-order valence-electron chi connectivity index (χ1n) is 10.3. The minimum Gasteiger partial charge on any atom is -0.364 e. The van der Waals surface area contributed by atoms with Crippen LogP contribution in [0.5, 0.6) is 0 Å². The van der Waals surface area contributed by atoms with Crippen LogP contribution in [0, 0.1) is 13.8 Å². The number of nitrogens with zero attached hydrogens (tertiary/aromatic N) is 4. The normalized spacial score (nSPS) is 15.2. The molecule has 1 N–H and O–H groups in total. The maximum Gasteiger partial charge on any atom is 0.264 e. The molecule has 4 rings (SSSR count). The van der Waals surface area contributed by atoms with Crippen LogP contribution in [0.3, 0.4) is 0 Å². The lowest BCUT2D eigenvalue weighted by atomic mass is 10.1. The van der Waals surface area contributed by atoms with Gasteiger partial charge in [0.25, 0.3) is 5.91 Å². The van der Waals surface area contributed by atoms with Crippen molar-refractivity contribution in [2.45, 2.75) is 52.5 Å². The molecule has 0 spiro atoms. The van der Waals surface area contributed by atoms with Crippen molar-refractivity contribution in [3.8, 4) is 0 Å². The van der Waals surface area contributed by atoms with E-state index in [4.69, 9.17) is 0 Å². The maximum atomic E-state index is 13.2. The number of likely N-dealkylation sites (tertiary alicyclic amines) is 1. The van der Waals surface area contributed by atoms with Gasteiger partial charge in [-0.2, -0.15) is 0 Å². The maximum absolute atomic E-state index is 13.2. The van der Waals surface area contributed by atoms with E-state index in [2.05, 4.69) is 20.3 Å². The molecule has 152 valence electrons. The van der Waals surface area contributed by atoms with Crippen molar-refractivity contribution >= 4 is 33.3 Å². The minimum atomic E-state index is 0.138. The van der Waals surface area contributed by atoms with Crippen LogP contribution >= 0.6 is 11.3 Å². The molecule has 0 bridgehead atoms. The van der Waals surface area contributed by atoms with Crippen LogP contribution < -0.4 is 5.32 Å². The topological polar surface area (TPSA) is 71.0 Å². The lowest BCUT2D eigenvalue weighted by molar-refractivity contribution is 0.0747. The number of hydrogen-bond acceptors (Lipinski definition) is 6. The molecule has 1 aliphatic rings. The summed E-state index contributed by atoms with van der Waals surface area (Å²) < 4.78 is 0. The zero-order valence-corrected chi connectivity index (χ0v) is 17.9. The number of thiophene rings is 1. The van der Waals surface area contributed by atoms with E-state index < -0.39 is 0 Å². The average Bonchev–Trinajstić information content (AvgIpc) is 3.03. The van der Waals surface area contributed by atoms with E-state index in [9.17, 15) is 4.79 Å². The fourth-order valence-corrected chi connectivity index (χ4v) is 4.99. The number of fused-ring (bicyclic) bond motifs is 1. The largest absolute Gasteiger partial charge is 0.364 e. The van der Waals surface area contributed by atoms with Crippen LogP contribution in [-0.2, 0) is 6.54 Å². The van der Waals surface area contributed by atoms with Crippen LogP contribution in [0.25, 0.3) is 10.2 Å². The van der Waals surface area contributed by atoms with Gasteiger partial charge in [0.05, 0.1) is 22.5 Å². The van der Waals surface area contributed by atoms with Crippen molar-refractivity contribution in [3.63, 3.8) is 0 Å². The average molecular weight is 410 g/mol. The number of amides is 1. The van der Waals surface area contributed by atoms with Gasteiger partial charge in [0, 0.05) is 18.8 Å². The monoisotopic (exact) mass is 409 g/mol. The Morgan fingerprint density at radius 3 is 2.62 bits per heavy atom. The highest BCUT2D eigenvalue weighted by Gasteiger charge is 2.24. The molecular formula is C22H27N5OS. The second kappa shape index (κ2) is 8.86. The van der Waals surface area contributed by atoms with E-state index in [0.29, 0.717) is 6.54 Å². The van der Waals surface area contributed by atoms with E-state index in [-0.39, 0.29) is 5.91 Å². The van der Waals surface area contributed by atoms with Crippen molar-refractivity contribution in [1.29, 1.82) is 0 Å². The number of hydrogen-bond donors (Lipinski definition) is 1. The highest BCUT2D eigenvalue weighted by Crippen LogP contribution is 2.34. The molecule has 3 aromatic rings. The molecule has 4 heterocycles. The molecule has 0 unspecified atom stereocenters. The molecule has 0 radical (unpaired) electrons. The first kappa shape index (κ1) is 19.8. The summed E-state index contributed by atoms with van der Waals surface area (Å²) in [6.45, 7) is 6.27. The Balaban J connectivity index is 1.59. The molecule has 6 nitrogen and oxygen atoms in total. The fourth-order valence-electron chi connectivity index (χ4n) is 3.88. The molecule has 1 fully saturated rings. The summed E-state index contributed by atoms with van der Waals surface area (Å²) in [4.78, 5) is 30.3. The number of pyridine rings is 1. The highest BCUT2D eigenvalue weighted by atomic mass is 32.1. The van der Waals surface area contributed by atoms with Gasteiger partial charge in [-0.1, -0.05) is 25.3 Å². The zero-order valence-electron chi connectivity index (χ0n) is 17.1. The van der Waals surface area contributed by atoms with Gasteiger partial charge in [0.1, 0.15) is 17.0 Å². The Bertz CT molecular complexity index is 1010. The fraction of sp³-hybridized carbons (Fsp3) is 0.455. The van der Waals surface area contributed by atoms with Gasteiger partial charge < -0.3 is 10.2 Å². The quantitative estimate of drug-likeness (QED) is 0.675. The minimum absolute atomic E-state index is 0.138. The van der Waals surface area contributed by atoms with Gasteiger partial charge in [0.2, 0.25) is 0 Å². The molecule has 0 saturated carbocycles. The van der Waals surface area contributed by atoms with Crippen molar-refractivity contribution in [1.82, 2.24) is 19.9 Å². The Kier molecular flexibility index (Phi) is 6.04. The van der Waals surface area contributed by atoms with Gasteiger partial charge in [-0.15, -0.1) is 11.3 Å². The first-order valence-corrected chi connectivity index (χ1v) is 11.1.